The highest BCUT2D eigenvalue weighted by molar-refractivity contribution is 7.20. The first-order valence-corrected chi connectivity index (χ1v) is 8.72. The SMILES string of the molecule is CCn1c(-c2ccc(-n3ccnc3)cc2)cc2sc(C(C)=O)cc21. The molecule has 0 fully saturated rings. The summed E-state index contributed by atoms with van der Waals surface area (Å²) in [6.45, 7) is 4.63. The summed E-state index contributed by atoms with van der Waals surface area (Å²) in [4.78, 5) is 16.5. The van der Waals surface area contributed by atoms with Crippen molar-refractivity contribution in [1.82, 2.24) is 14.1 Å². The Bertz CT molecular complexity index is 1010. The summed E-state index contributed by atoms with van der Waals surface area (Å²) < 4.78 is 5.42. The number of rotatable bonds is 4. The number of carbonyl (C=O) groups is 1. The van der Waals surface area contributed by atoms with E-state index in [1.807, 2.05) is 16.8 Å². The standard InChI is InChI=1S/C19H17N3OS/c1-3-22-16(10-19-17(22)11-18(24-19)13(2)23)14-4-6-15(7-5-14)21-9-8-20-12-21/h4-12H,3H2,1-2H3. The van der Waals surface area contributed by atoms with Crippen LogP contribution >= 0.6 is 11.3 Å². The number of aryl methyl sites for hydroxylation is 1. The minimum atomic E-state index is 0.130. The number of nitrogens with zero attached hydrogens (tertiary/aromatic N) is 3. The molecule has 24 heavy (non-hydrogen) atoms. The Balaban J connectivity index is 1.78. The Hall–Kier alpha value is -2.66. The molecule has 1 aromatic carbocycles. The van der Waals surface area contributed by atoms with Crippen molar-refractivity contribution in [2.24, 2.45) is 0 Å². The third-order valence-electron chi connectivity index (χ3n) is 4.22. The van der Waals surface area contributed by atoms with Crippen LogP contribution in [0.5, 0.6) is 0 Å². The minimum Gasteiger partial charge on any atom is -0.340 e. The summed E-state index contributed by atoms with van der Waals surface area (Å²) in [5.74, 6) is 0.130. The third kappa shape index (κ3) is 2.37. The molecular weight excluding hydrogens is 318 g/mol. The smallest absolute Gasteiger partial charge is 0.169 e. The van der Waals surface area contributed by atoms with E-state index in [-0.39, 0.29) is 5.78 Å². The van der Waals surface area contributed by atoms with Crippen LogP contribution in [0.4, 0.5) is 0 Å². The zero-order chi connectivity index (χ0) is 16.7. The summed E-state index contributed by atoms with van der Waals surface area (Å²) in [5, 5.41) is 0. The van der Waals surface area contributed by atoms with Crippen LogP contribution in [0.25, 0.3) is 27.2 Å². The Morgan fingerprint density at radius 1 is 1.21 bits per heavy atom. The Morgan fingerprint density at radius 3 is 2.62 bits per heavy atom. The second kappa shape index (κ2) is 5.76. The molecule has 4 aromatic rings. The number of Topliss-reactive ketones (excluding diaryl/α,β-unsaturated/α-hetero) is 1. The molecule has 3 heterocycles. The van der Waals surface area contributed by atoms with E-state index in [1.54, 1.807) is 30.8 Å². The van der Waals surface area contributed by atoms with E-state index >= 15 is 0 Å². The van der Waals surface area contributed by atoms with E-state index in [4.69, 9.17) is 0 Å². The first-order chi connectivity index (χ1) is 11.7. The van der Waals surface area contributed by atoms with Gasteiger partial charge < -0.3 is 9.13 Å². The molecule has 0 spiro atoms. The molecule has 0 bridgehead atoms. The van der Waals surface area contributed by atoms with E-state index < -0.39 is 0 Å². The van der Waals surface area contributed by atoms with Gasteiger partial charge in [-0.25, -0.2) is 4.98 Å². The van der Waals surface area contributed by atoms with E-state index in [2.05, 4.69) is 46.8 Å². The number of hydrogen-bond acceptors (Lipinski definition) is 3. The molecule has 4 rings (SSSR count). The number of fused-ring (bicyclic) bond motifs is 1. The van der Waals surface area contributed by atoms with Gasteiger partial charge in [0.1, 0.15) is 0 Å². The van der Waals surface area contributed by atoms with Gasteiger partial charge in [-0.05, 0) is 43.7 Å². The molecule has 0 saturated carbocycles. The highest BCUT2D eigenvalue weighted by Crippen LogP contribution is 2.34. The van der Waals surface area contributed by atoms with Gasteiger partial charge in [0.2, 0.25) is 0 Å². The third-order valence-corrected chi connectivity index (χ3v) is 5.39. The number of ketones is 1. The van der Waals surface area contributed by atoms with E-state index in [0.29, 0.717) is 0 Å². The van der Waals surface area contributed by atoms with E-state index in [9.17, 15) is 4.79 Å². The molecule has 5 heteroatoms. The summed E-state index contributed by atoms with van der Waals surface area (Å²) in [6.07, 6.45) is 5.50. The fourth-order valence-corrected chi connectivity index (χ4v) is 4.01. The van der Waals surface area contributed by atoms with Crippen LogP contribution in [0.2, 0.25) is 0 Å². The molecule has 0 radical (unpaired) electrons. The lowest BCUT2D eigenvalue weighted by Crippen LogP contribution is -1.97. The van der Waals surface area contributed by atoms with Gasteiger partial charge in [-0.2, -0.15) is 0 Å². The van der Waals surface area contributed by atoms with Crippen LogP contribution in [0, 0.1) is 0 Å². The number of benzene rings is 1. The minimum absolute atomic E-state index is 0.130. The van der Waals surface area contributed by atoms with Crippen LogP contribution in [0.1, 0.15) is 23.5 Å². The predicted octanol–water partition coefficient (Wildman–Crippen LogP) is 4.78. The van der Waals surface area contributed by atoms with Crippen LogP contribution in [0.3, 0.4) is 0 Å². The lowest BCUT2D eigenvalue weighted by atomic mass is 10.1. The van der Waals surface area contributed by atoms with Gasteiger partial charge in [-0.1, -0.05) is 12.1 Å². The second-order valence-corrected chi connectivity index (χ2v) is 6.79. The fourth-order valence-electron chi connectivity index (χ4n) is 3.01. The summed E-state index contributed by atoms with van der Waals surface area (Å²) in [5.41, 5.74) is 4.59. The van der Waals surface area contributed by atoms with Gasteiger partial charge in [0, 0.05) is 30.3 Å². The zero-order valence-corrected chi connectivity index (χ0v) is 14.4. The maximum atomic E-state index is 11.6. The average molecular weight is 335 g/mol. The van der Waals surface area contributed by atoms with Crippen LogP contribution in [-0.4, -0.2) is 19.9 Å². The van der Waals surface area contributed by atoms with Gasteiger partial charge in [0.25, 0.3) is 0 Å². The fraction of sp³-hybridized carbons (Fsp3) is 0.158. The molecule has 0 N–H and O–H groups in total. The van der Waals surface area contributed by atoms with Crippen molar-refractivity contribution >= 4 is 27.3 Å². The number of hydrogen-bond donors (Lipinski definition) is 0. The summed E-state index contributed by atoms with van der Waals surface area (Å²) in [7, 11) is 0. The molecule has 120 valence electrons. The summed E-state index contributed by atoms with van der Waals surface area (Å²) >= 11 is 1.57. The topological polar surface area (TPSA) is 39.8 Å². The Morgan fingerprint density at radius 2 is 2.00 bits per heavy atom. The maximum Gasteiger partial charge on any atom is 0.169 e. The lowest BCUT2D eigenvalue weighted by molar-refractivity contribution is 0.102. The lowest BCUT2D eigenvalue weighted by Gasteiger charge is -2.09. The first-order valence-electron chi connectivity index (χ1n) is 7.90. The monoisotopic (exact) mass is 335 g/mol. The van der Waals surface area contributed by atoms with Crippen molar-refractivity contribution in [3.63, 3.8) is 0 Å². The van der Waals surface area contributed by atoms with Crippen molar-refractivity contribution in [2.45, 2.75) is 20.4 Å². The van der Waals surface area contributed by atoms with Gasteiger partial charge in [-0.15, -0.1) is 11.3 Å². The molecule has 0 aliphatic carbocycles. The Kier molecular flexibility index (Phi) is 3.58. The number of carbonyl (C=O) groups excluding carboxylic acids is 1. The van der Waals surface area contributed by atoms with Crippen LogP contribution in [0.15, 0.2) is 55.1 Å². The normalized spacial score (nSPS) is 11.2. The van der Waals surface area contributed by atoms with Gasteiger partial charge in [0.15, 0.2) is 5.78 Å². The molecule has 4 nitrogen and oxygen atoms in total. The summed E-state index contributed by atoms with van der Waals surface area (Å²) in [6, 6.07) is 12.6. The maximum absolute atomic E-state index is 11.6. The largest absolute Gasteiger partial charge is 0.340 e. The van der Waals surface area contributed by atoms with Crippen molar-refractivity contribution in [2.75, 3.05) is 0 Å². The van der Waals surface area contributed by atoms with Crippen molar-refractivity contribution in [1.29, 1.82) is 0 Å². The number of imidazole rings is 1. The second-order valence-electron chi connectivity index (χ2n) is 5.71. The molecule has 3 aromatic heterocycles. The molecule has 0 aliphatic rings. The van der Waals surface area contributed by atoms with Gasteiger partial charge in [0.05, 0.1) is 21.4 Å². The first kappa shape index (κ1) is 14.9. The highest BCUT2D eigenvalue weighted by atomic mass is 32.1. The van der Waals surface area contributed by atoms with Gasteiger partial charge in [-0.3, -0.25) is 4.79 Å². The molecule has 0 unspecified atom stereocenters. The van der Waals surface area contributed by atoms with Crippen molar-refractivity contribution in [3.05, 3.63) is 60.0 Å². The Labute approximate surface area is 144 Å². The van der Waals surface area contributed by atoms with Crippen molar-refractivity contribution < 1.29 is 4.79 Å². The molecule has 0 amide bonds. The molecule has 0 atom stereocenters. The molecular formula is C19H17N3OS. The van der Waals surface area contributed by atoms with E-state index in [0.717, 1.165) is 27.3 Å². The highest BCUT2D eigenvalue weighted by Gasteiger charge is 2.14. The average Bonchev–Trinajstić information content (AvgIpc) is 3.30. The predicted molar refractivity (Wildman–Crippen MR) is 98.1 cm³/mol. The van der Waals surface area contributed by atoms with Gasteiger partial charge >= 0.3 is 0 Å². The van der Waals surface area contributed by atoms with Crippen LogP contribution < -0.4 is 0 Å². The molecule has 0 saturated heterocycles. The van der Waals surface area contributed by atoms with E-state index in [1.165, 1.54) is 11.3 Å². The quantitative estimate of drug-likeness (QED) is 0.504. The zero-order valence-electron chi connectivity index (χ0n) is 13.6. The van der Waals surface area contributed by atoms with Crippen molar-refractivity contribution in [3.8, 4) is 16.9 Å². The van der Waals surface area contributed by atoms with Crippen LogP contribution in [-0.2, 0) is 6.54 Å². The molecule has 0 aliphatic heterocycles. The number of thiophene rings is 1. The number of aromatic nitrogens is 3.